The van der Waals surface area contributed by atoms with Crippen molar-refractivity contribution in [3.05, 3.63) is 0 Å². The van der Waals surface area contributed by atoms with Crippen molar-refractivity contribution in [2.45, 2.75) is 35.1 Å². The van der Waals surface area contributed by atoms with Crippen LogP contribution in [-0.2, 0) is 4.18 Å². The highest BCUT2D eigenvalue weighted by Crippen LogP contribution is 2.99. The molecule has 100 valence electrons. The predicted molar refractivity (Wildman–Crippen MR) is 56.2 cm³/mol. The van der Waals surface area contributed by atoms with E-state index in [9.17, 15) is 19.4 Å². The summed E-state index contributed by atoms with van der Waals surface area (Å²) in [4.78, 5) is 0. The SMILES string of the molecule is FS(F)(F)(F)(F)OC1CC(Cl)C(Cl)CC1Cl. The molecule has 0 saturated heterocycles. The van der Waals surface area contributed by atoms with E-state index in [2.05, 4.69) is 4.18 Å². The van der Waals surface area contributed by atoms with Gasteiger partial charge in [0.15, 0.2) is 0 Å². The lowest BCUT2D eigenvalue weighted by Gasteiger charge is -2.44. The van der Waals surface area contributed by atoms with Crippen molar-refractivity contribution in [2.24, 2.45) is 0 Å². The number of halogens is 8. The van der Waals surface area contributed by atoms with Crippen molar-refractivity contribution in [1.29, 1.82) is 0 Å². The highest BCUT2D eigenvalue weighted by Gasteiger charge is 2.67. The van der Waals surface area contributed by atoms with E-state index in [1.807, 2.05) is 0 Å². The van der Waals surface area contributed by atoms with E-state index in [0.717, 1.165) is 0 Å². The summed E-state index contributed by atoms with van der Waals surface area (Å²) >= 11 is 16.7. The number of hydrogen-bond acceptors (Lipinski definition) is 1. The molecule has 0 amide bonds. The fourth-order valence-electron chi connectivity index (χ4n) is 1.36. The highest BCUT2D eigenvalue weighted by atomic mass is 35.5. The summed E-state index contributed by atoms with van der Waals surface area (Å²) in [5.41, 5.74) is 0. The van der Waals surface area contributed by atoms with Crippen molar-refractivity contribution >= 4 is 45.3 Å². The van der Waals surface area contributed by atoms with Crippen LogP contribution in [0.15, 0.2) is 0 Å². The molecule has 0 bridgehead atoms. The van der Waals surface area contributed by atoms with E-state index in [-0.39, 0.29) is 6.42 Å². The summed E-state index contributed by atoms with van der Waals surface area (Å²) in [7, 11) is -9.92. The first-order chi connectivity index (χ1) is 6.77. The third-order valence-electron chi connectivity index (χ3n) is 2.01. The van der Waals surface area contributed by atoms with Crippen LogP contribution in [0.5, 0.6) is 0 Å². The van der Waals surface area contributed by atoms with E-state index >= 15 is 0 Å². The fourth-order valence-corrected chi connectivity index (χ4v) is 3.12. The first-order valence-corrected chi connectivity index (χ1v) is 7.31. The van der Waals surface area contributed by atoms with Gasteiger partial charge in [0.05, 0.1) is 22.2 Å². The molecule has 0 aromatic rings. The van der Waals surface area contributed by atoms with Crippen molar-refractivity contribution in [2.75, 3.05) is 0 Å². The lowest BCUT2D eigenvalue weighted by atomic mass is 9.96. The standard InChI is InChI=1S/C6H8Cl3F5OS/c7-3-1-5(9)6(2-4(3)8)15-16(10,11,12,13)14/h3-6H,1-2H2. The molecule has 1 rings (SSSR count). The molecule has 1 aliphatic carbocycles. The molecule has 1 nitrogen and oxygen atoms in total. The molecule has 0 spiro atoms. The van der Waals surface area contributed by atoms with Crippen LogP contribution in [0.25, 0.3) is 0 Å². The second-order valence-corrected chi connectivity index (χ2v) is 7.22. The van der Waals surface area contributed by atoms with Gasteiger partial charge in [-0.25, -0.2) is 4.18 Å². The van der Waals surface area contributed by atoms with Crippen molar-refractivity contribution < 1.29 is 23.6 Å². The topological polar surface area (TPSA) is 9.23 Å². The second-order valence-electron chi connectivity index (χ2n) is 3.55. The first-order valence-electron chi connectivity index (χ1n) is 4.13. The largest absolute Gasteiger partial charge is 0.397 e. The van der Waals surface area contributed by atoms with Crippen molar-refractivity contribution in [1.82, 2.24) is 0 Å². The van der Waals surface area contributed by atoms with E-state index < -0.39 is 39.2 Å². The van der Waals surface area contributed by atoms with Gasteiger partial charge in [0.1, 0.15) is 0 Å². The van der Waals surface area contributed by atoms with Gasteiger partial charge in [-0.1, -0.05) is 19.4 Å². The van der Waals surface area contributed by atoms with Gasteiger partial charge in [0.2, 0.25) is 0 Å². The highest BCUT2D eigenvalue weighted by molar-refractivity contribution is 8.42. The molecule has 16 heavy (non-hydrogen) atoms. The molecule has 0 radical (unpaired) electrons. The van der Waals surface area contributed by atoms with E-state index in [1.165, 1.54) is 0 Å². The average molecular weight is 330 g/mol. The van der Waals surface area contributed by atoms with Gasteiger partial charge in [-0.2, -0.15) is 0 Å². The molecule has 4 atom stereocenters. The zero-order valence-electron chi connectivity index (χ0n) is 7.56. The van der Waals surface area contributed by atoms with Gasteiger partial charge in [0, 0.05) is 0 Å². The summed E-state index contributed by atoms with van der Waals surface area (Å²) in [6.07, 6.45) is -2.44. The van der Waals surface area contributed by atoms with Crippen LogP contribution in [0, 0.1) is 0 Å². The Bertz CT molecular complexity index is 282. The summed E-state index contributed by atoms with van der Waals surface area (Å²) in [6.45, 7) is 0. The Hall–Kier alpha value is 0.830. The Morgan fingerprint density at radius 1 is 0.812 bits per heavy atom. The molecule has 10 heteroatoms. The summed E-state index contributed by atoms with van der Waals surface area (Å²) in [5.74, 6) is 0. The van der Waals surface area contributed by atoms with E-state index in [0.29, 0.717) is 0 Å². The molecule has 0 N–H and O–H groups in total. The molecule has 0 heterocycles. The van der Waals surface area contributed by atoms with Crippen LogP contribution in [0.3, 0.4) is 0 Å². The van der Waals surface area contributed by atoms with Gasteiger partial charge >= 0.3 is 10.5 Å². The minimum absolute atomic E-state index is 0.115. The Morgan fingerprint density at radius 2 is 1.25 bits per heavy atom. The lowest BCUT2D eigenvalue weighted by molar-refractivity contribution is 0.0781. The third kappa shape index (κ3) is 5.00. The molecule has 0 aromatic heterocycles. The van der Waals surface area contributed by atoms with Crippen LogP contribution in [0.2, 0.25) is 0 Å². The van der Waals surface area contributed by atoms with Gasteiger partial charge in [0.25, 0.3) is 0 Å². The molecular weight excluding hydrogens is 321 g/mol. The summed E-state index contributed by atoms with van der Waals surface area (Å²) in [5, 5.41) is -2.76. The summed E-state index contributed by atoms with van der Waals surface area (Å²) < 4.78 is 63.2. The van der Waals surface area contributed by atoms with Crippen molar-refractivity contribution in [3.8, 4) is 0 Å². The van der Waals surface area contributed by atoms with Gasteiger partial charge in [-0.15, -0.1) is 34.8 Å². The zero-order chi connectivity index (χ0) is 12.8. The molecule has 1 aliphatic rings. The van der Waals surface area contributed by atoms with E-state index in [1.54, 1.807) is 0 Å². The number of rotatable bonds is 2. The Morgan fingerprint density at radius 3 is 1.69 bits per heavy atom. The minimum atomic E-state index is -9.92. The monoisotopic (exact) mass is 328 g/mol. The van der Waals surface area contributed by atoms with Crippen LogP contribution >= 0.6 is 45.3 Å². The molecule has 0 aliphatic heterocycles. The quantitative estimate of drug-likeness (QED) is 0.500. The number of hydrogen-bond donors (Lipinski definition) is 0. The van der Waals surface area contributed by atoms with Crippen LogP contribution in [0.1, 0.15) is 12.8 Å². The Labute approximate surface area is 104 Å². The first kappa shape index (κ1) is 14.9. The third-order valence-corrected chi connectivity index (χ3v) is 4.17. The minimum Gasteiger partial charge on any atom is -0.235 e. The smallest absolute Gasteiger partial charge is 0.235 e. The van der Waals surface area contributed by atoms with Crippen LogP contribution in [0.4, 0.5) is 19.4 Å². The zero-order valence-corrected chi connectivity index (χ0v) is 10.6. The summed E-state index contributed by atoms with van der Waals surface area (Å²) in [6, 6.07) is 0. The predicted octanol–water partition coefficient (Wildman–Crippen LogP) is 5.20. The van der Waals surface area contributed by atoms with Gasteiger partial charge < -0.3 is 0 Å². The lowest BCUT2D eigenvalue weighted by Crippen LogP contribution is -2.40. The van der Waals surface area contributed by atoms with E-state index in [4.69, 9.17) is 34.8 Å². The number of alkyl halides is 3. The maximum absolute atomic E-state index is 12.0. The van der Waals surface area contributed by atoms with Crippen molar-refractivity contribution in [3.63, 3.8) is 0 Å². The van der Waals surface area contributed by atoms with Crippen LogP contribution in [-0.4, -0.2) is 22.2 Å². The molecule has 1 fully saturated rings. The fraction of sp³-hybridized carbons (Fsp3) is 1.00. The average Bonchev–Trinajstić information content (AvgIpc) is 1.94. The van der Waals surface area contributed by atoms with Gasteiger partial charge in [-0.05, 0) is 12.8 Å². The van der Waals surface area contributed by atoms with Gasteiger partial charge in [-0.3, -0.25) is 0 Å². The maximum Gasteiger partial charge on any atom is 0.397 e. The second kappa shape index (κ2) is 3.66. The Balaban J connectivity index is 2.77. The molecular formula is C6H8Cl3F5OS. The molecule has 1 saturated carbocycles. The van der Waals surface area contributed by atoms with Crippen LogP contribution < -0.4 is 0 Å². The maximum atomic E-state index is 12.0. The normalized spacial score (nSPS) is 41.2. The Kier molecular flexibility index (Phi) is 3.41. The molecule has 0 aromatic carbocycles. The molecule has 4 unspecified atom stereocenters.